The van der Waals surface area contributed by atoms with Gasteiger partial charge >= 0.3 is 5.97 Å². The van der Waals surface area contributed by atoms with E-state index in [0.29, 0.717) is 17.5 Å². The molecule has 0 bridgehead atoms. The van der Waals surface area contributed by atoms with Gasteiger partial charge in [0.15, 0.2) is 5.78 Å². The molecule has 3 aromatic rings. The number of nitrogens with zero attached hydrogens (tertiary/aromatic N) is 2. The van der Waals surface area contributed by atoms with Crippen LogP contribution in [0.25, 0.3) is 10.8 Å². The summed E-state index contributed by atoms with van der Waals surface area (Å²) in [5.74, 6) is 0.553. The number of carbonyl (C=O) groups excluding carboxylic acids is 2. The number of anilines is 2. The van der Waals surface area contributed by atoms with Crippen molar-refractivity contribution in [2.45, 2.75) is 63.5 Å². The van der Waals surface area contributed by atoms with Crippen molar-refractivity contribution in [1.29, 1.82) is 0 Å². The van der Waals surface area contributed by atoms with E-state index in [9.17, 15) is 9.59 Å². The molecule has 0 radical (unpaired) electrons. The van der Waals surface area contributed by atoms with Gasteiger partial charge in [0, 0.05) is 48.4 Å². The normalized spacial score (nSPS) is 20.8. The van der Waals surface area contributed by atoms with Gasteiger partial charge in [0.25, 0.3) is 0 Å². The van der Waals surface area contributed by atoms with Crippen LogP contribution in [0.2, 0.25) is 0 Å². The van der Waals surface area contributed by atoms with Crippen molar-refractivity contribution >= 4 is 50.0 Å². The molecule has 0 amide bonds. The Kier molecular flexibility index (Phi) is 7.85. The number of hydrogen-bond acceptors (Lipinski definition) is 8. The van der Waals surface area contributed by atoms with Gasteiger partial charge in [-0.15, -0.1) is 0 Å². The maximum Gasteiger partial charge on any atom is 0.328 e. The van der Waals surface area contributed by atoms with Gasteiger partial charge in [0.05, 0.1) is 16.0 Å². The average Bonchev–Trinajstić information content (AvgIpc) is 3.53. The first kappa shape index (κ1) is 26.9. The van der Waals surface area contributed by atoms with E-state index in [4.69, 9.17) is 9.47 Å². The lowest BCUT2D eigenvalue weighted by Crippen LogP contribution is -2.53. The fraction of sp³-hybridized carbons (Fsp3) is 0.419. The highest BCUT2D eigenvalue weighted by Gasteiger charge is 2.53. The number of esters is 1. The molecule has 1 aromatic carbocycles. The van der Waals surface area contributed by atoms with Crippen LogP contribution in [0.1, 0.15) is 50.5 Å². The minimum atomic E-state index is -0.625. The molecule has 1 aliphatic heterocycles. The van der Waals surface area contributed by atoms with Crippen molar-refractivity contribution in [3.63, 3.8) is 0 Å². The van der Waals surface area contributed by atoms with E-state index in [1.54, 1.807) is 18.6 Å². The number of allylic oxidation sites excluding steroid dienone is 2. The molecule has 1 spiro atoms. The van der Waals surface area contributed by atoms with Gasteiger partial charge in [0.2, 0.25) is 0 Å². The summed E-state index contributed by atoms with van der Waals surface area (Å²) in [6, 6.07) is 11.2. The lowest BCUT2D eigenvalue weighted by atomic mass is 9.62. The largest absolute Gasteiger partial charge is 0.461 e. The summed E-state index contributed by atoms with van der Waals surface area (Å²) in [5.41, 5.74) is 2.21. The molecule has 2 aliphatic carbocycles. The van der Waals surface area contributed by atoms with Crippen molar-refractivity contribution < 1.29 is 19.1 Å². The molecule has 2 atom stereocenters. The highest BCUT2D eigenvalue weighted by molar-refractivity contribution is 9.12. The molecule has 3 aliphatic rings. The molecule has 9 heteroatoms. The van der Waals surface area contributed by atoms with Gasteiger partial charge in [-0.1, -0.05) is 31.4 Å². The van der Waals surface area contributed by atoms with E-state index in [1.807, 2.05) is 36.4 Å². The molecule has 8 nitrogen and oxygen atoms in total. The number of pyridine rings is 2. The summed E-state index contributed by atoms with van der Waals surface area (Å²) in [4.78, 5) is 35.0. The van der Waals surface area contributed by atoms with Crippen LogP contribution in [0.15, 0.2) is 65.2 Å². The summed E-state index contributed by atoms with van der Waals surface area (Å²) < 4.78 is 11.9. The number of ketones is 1. The summed E-state index contributed by atoms with van der Waals surface area (Å²) in [7, 11) is 0. The molecule has 2 fully saturated rings. The van der Waals surface area contributed by atoms with Crippen molar-refractivity contribution in [3.05, 3.63) is 70.7 Å². The zero-order valence-electron chi connectivity index (χ0n) is 22.3. The highest BCUT2D eigenvalue weighted by atomic mass is 79.9. The minimum Gasteiger partial charge on any atom is -0.461 e. The Morgan fingerprint density at radius 3 is 2.67 bits per heavy atom. The maximum atomic E-state index is 13.4. The lowest BCUT2D eigenvalue weighted by molar-refractivity contribution is -0.149. The number of ether oxygens (including phenoxy) is 2. The predicted octanol–water partition coefficient (Wildman–Crippen LogP) is 5.74. The molecule has 1 unspecified atom stereocenters. The second-order valence-corrected chi connectivity index (χ2v) is 11.7. The van der Waals surface area contributed by atoms with E-state index in [-0.39, 0.29) is 24.5 Å². The minimum absolute atomic E-state index is 0.0475. The number of halogens is 1. The first-order chi connectivity index (χ1) is 19.5. The zero-order valence-corrected chi connectivity index (χ0v) is 23.9. The van der Waals surface area contributed by atoms with Gasteiger partial charge in [-0.25, -0.2) is 9.78 Å². The number of nitrogens with one attached hydrogen (secondary N) is 2. The monoisotopic (exact) mass is 604 g/mol. The molecule has 40 heavy (non-hydrogen) atoms. The number of aromatic nitrogens is 2. The summed E-state index contributed by atoms with van der Waals surface area (Å²) >= 11 is 3.49. The van der Waals surface area contributed by atoms with Crippen LogP contribution in [0.4, 0.5) is 11.5 Å². The van der Waals surface area contributed by atoms with Gasteiger partial charge in [-0.2, -0.15) is 0 Å². The van der Waals surface area contributed by atoms with Crippen molar-refractivity contribution in [2.75, 3.05) is 18.5 Å². The Hall–Kier alpha value is -3.30. The molecule has 6 rings (SSSR count). The summed E-state index contributed by atoms with van der Waals surface area (Å²) in [5, 5.41) is 8.84. The first-order valence-corrected chi connectivity index (χ1v) is 14.9. The second-order valence-electron chi connectivity index (χ2n) is 10.9. The Labute approximate surface area is 242 Å². The third-order valence-corrected chi connectivity index (χ3v) is 9.06. The molecular formula is C31H33BrN4O4. The lowest BCUT2D eigenvalue weighted by Gasteiger charge is -2.46. The Bertz CT molecular complexity index is 1420. The molecule has 3 heterocycles. The Morgan fingerprint density at radius 1 is 1.10 bits per heavy atom. The third kappa shape index (κ3) is 5.37. The van der Waals surface area contributed by atoms with Crippen molar-refractivity contribution in [2.24, 2.45) is 5.41 Å². The maximum absolute atomic E-state index is 13.4. The van der Waals surface area contributed by atoms with Crippen LogP contribution in [0.5, 0.6) is 0 Å². The van der Waals surface area contributed by atoms with Crippen LogP contribution in [0, 0.1) is 5.41 Å². The van der Waals surface area contributed by atoms with Crippen LogP contribution in [-0.4, -0.2) is 47.1 Å². The van der Waals surface area contributed by atoms with Crippen LogP contribution < -0.4 is 10.6 Å². The molecule has 2 N–H and O–H groups in total. The van der Waals surface area contributed by atoms with E-state index in [0.717, 1.165) is 78.5 Å². The van der Waals surface area contributed by atoms with Gasteiger partial charge in [-0.3, -0.25) is 9.78 Å². The number of benzene rings is 1. The number of Topliss-reactive ketones (excluding diaryl/α,β-unsaturated/α-hetero) is 1. The van der Waals surface area contributed by atoms with E-state index in [1.165, 1.54) is 0 Å². The highest BCUT2D eigenvalue weighted by Crippen LogP contribution is 2.53. The topological polar surface area (TPSA) is 102 Å². The molecule has 1 saturated heterocycles. The fourth-order valence-corrected chi connectivity index (χ4v) is 6.92. The number of hydrogen-bond donors (Lipinski definition) is 2. The fourth-order valence-electron chi connectivity index (χ4n) is 6.04. The second kappa shape index (κ2) is 11.7. The summed E-state index contributed by atoms with van der Waals surface area (Å²) in [6.07, 6.45) is 12.4. The van der Waals surface area contributed by atoms with Gasteiger partial charge in [-0.05, 0) is 76.8 Å². The predicted molar refractivity (Wildman–Crippen MR) is 156 cm³/mol. The molecular weight excluding hydrogens is 572 g/mol. The van der Waals surface area contributed by atoms with Crippen molar-refractivity contribution in [1.82, 2.24) is 15.3 Å². The van der Waals surface area contributed by atoms with Crippen molar-refractivity contribution in [3.8, 4) is 0 Å². The third-order valence-electron chi connectivity index (χ3n) is 8.30. The Morgan fingerprint density at radius 2 is 1.90 bits per heavy atom. The van der Waals surface area contributed by atoms with E-state index in [2.05, 4.69) is 36.5 Å². The smallest absolute Gasteiger partial charge is 0.328 e. The zero-order chi connectivity index (χ0) is 27.5. The van der Waals surface area contributed by atoms with Gasteiger partial charge < -0.3 is 20.1 Å². The average molecular weight is 606 g/mol. The van der Waals surface area contributed by atoms with Crippen LogP contribution >= 0.6 is 15.9 Å². The SMILES string of the molecule is O=C(OCC1CCCO1)[C@H](Cc1ccc(Nc2nccc3ccncc23)cc1)NC1=C(Br)C(=O)C12CCCCC2. The molecule has 208 valence electrons. The summed E-state index contributed by atoms with van der Waals surface area (Å²) in [6.45, 7) is 0.955. The molecule has 1 saturated carbocycles. The quantitative estimate of drug-likeness (QED) is 0.298. The first-order valence-electron chi connectivity index (χ1n) is 14.1. The van der Waals surface area contributed by atoms with E-state index < -0.39 is 11.5 Å². The Balaban J connectivity index is 1.19. The number of rotatable bonds is 9. The van der Waals surface area contributed by atoms with Crippen LogP contribution in [-0.2, 0) is 25.5 Å². The number of fused-ring (bicyclic) bond motifs is 1. The molecule has 2 aromatic heterocycles. The van der Waals surface area contributed by atoms with E-state index >= 15 is 0 Å². The van der Waals surface area contributed by atoms with Gasteiger partial charge in [0.1, 0.15) is 18.5 Å². The number of carbonyl (C=O) groups is 2. The van der Waals surface area contributed by atoms with Crippen LogP contribution in [0.3, 0.4) is 0 Å². The standard InChI is InChI=1S/C31H33BrN4O4/c32-26-27(31(28(26)37)12-2-1-3-13-31)36-25(30(38)40-19-23-5-4-16-39-23)17-20-6-8-22(9-7-20)35-29-24-18-33-14-10-21(24)11-15-34-29/h6-11,14-15,18,23,25,36H,1-5,12-13,16-17,19H2,(H,34,35)/t23?,25-/m0/s1.